The summed E-state index contributed by atoms with van der Waals surface area (Å²) >= 11 is 9.70. The third kappa shape index (κ3) is 7.46. The van der Waals surface area contributed by atoms with Gasteiger partial charge < -0.3 is 19.5 Å². The maximum Gasteiger partial charge on any atom is 0.329 e. The molecule has 8 nitrogen and oxygen atoms in total. The predicted molar refractivity (Wildman–Crippen MR) is 138 cm³/mol. The topological polar surface area (TPSA) is 98.2 Å². The zero-order chi connectivity index (χ0) is 25.2. The molecule has 0 aliphatic rings. The second-order valence-electron chi connectivity index (χ2n) is 7.02. The third-order valence-corrected chi connectivity index (χ3v) is 5.55. The van der Waals surface area contributed by atoms with Crippen LogP contribution in [0, 0.1) is 0 Å². The molecule has 10 heteroatoms. The van der Waals surface area contributed by atoms with E-state index in [-0.39, 0.29) is 6.61 Å². The van der Waals surface area contributed by atoms with Gasteiger partial charge in [0.05, 0.1) is 24.4 Å². The molecule has 0 unspecified atom stereocenters. The molecule has 3 aromatic rings. The predicted octanol–water partition coefficient (Wildman–Crippen LogP) is 5.18. The summed E-state index contributed by atoms with van der Waals surface area (Å²) in [6.45, 7) is 2.52. The largest absolute Gasteiger partial charge is 0.497 e. The average Bonchev–Trinajstić information content (AvgIpc) is 2.85. The van der Waals surface area contributed by atoms with Gasteiger partial charge in [-0.25, -0.2) is 5.43 Å². The fourth-order valence-electron chi connectivity index (χ4n) is 2.91. The van der Waals surface area contributed by atoms with E-state index in [9.17, 15) is 9.59 Å². The number of benzene rings is 3. The number of halogens is 2. The third-order valence-electron chi connectivity index (χ3n) is 4.60. The van der Waals surface area contributed by atoms with Gasteiger partial charge in [0.2, 0.25) is 0 Å². The minimum atomic E-state index is -0.916. The first-order valence-electron chi connectivity index (χ1n) is 10.5. The lowest BCUT2D eigenvalue weighted by molar-refractivity contribution is -0.136. The molecule has 3 rings (SSSR count). The molecule has 2 N–H and O–H groups in total. The van der Waals surface area contributed by atoms with Crippen LogP contribution < -0.4 is 25.0 Å². The number of carbonyl (C=O) groups excluding carboxylic acids is 2. The normalized spacial score (nSPS) is 10.6. The van der Waals surface area contributed by atoms with Crippen molar-refractivity contribution in [1.82, 2.24) is 5.43 Å². The number of nitrogens with one attached hydrogen (secondary N) is 2. The zero-order valence-corrected chi connectivity index (χ0v) is 21.4. The molecule has 35 heavy (non-hydrogen) atoms. The number of nitrogens with zero attached hydrogens (tertiary/aromatic N) is 1. The SMILES string of the molecule is CCOc1cc(C=NNC(=O)C(=O)Nc2ccc(OC)cc2)cc(Br)c1OCc1ccccc1Cl. The van der Waals surface area contributed by atoms with Crippen molar-refractivity contribution in [2.75, 3.05) is 19.0 Å². The Bertz CT molecular complexity index is 1220. The summed E-state index contributed by atoms with van der Waals surface area (Å²) in [4.78, 5) is 24.2. The van der Waals surface area contributed by atoms with E-state index in [0.717, 1.165) is 5.56 Å². The van der Waals surface area contributed by atoms with Crippen LogP contribution in [0.3, 0.4) is 0 Å². The number of hydrogen-bond acceptors (Lipinski definition) is 6. The zero-order valence-electron chi connectivity index (χ0n) is 19.0. The Morgan fingerprint density at radius 2 is 1.80 bits per heavy atom. The van der Waals surface area contributed by atoms with Crippen molar-refractivity contribution < 1.29 is 23.8 Å². The lowest BCUT2D eigenvalue weighted by Gasteiger charge is -2.15. The average molecular weight is 561 g/mol. The van der Waals surface area contributed by atoms with Crippen molar-refractivity contribution in [1.29, 1.82) is 0 Å². The van der Waals surface area contributed by atoms with Crippen LogP contribution in [0.25, 0.3) is 0 Å². The van der Waals surface area contributed by atoms with Gasteiger partial charge in [-0.3, -0.25) is 9.59 Å². The number of hydrogen-bond donors (Lipinski definition) is 2. The van der Waals surface area contributed by atoms with Gasteiger partial charge in [-0.15, -0.1) is 0 Å². The number of amides is 2. The summed E-state index contributed by atoms with van der Waals surface area (Å²) in [6, 6.07) is 17.4. The molecule has 3 aromatic carbocycles. The van der Waals surface area contributed by atoms with Crippen LogP contribution in [-0.4, -0.2) is 31.7 Å². The smallest absolute Gasteiger partial charge is 0.329 e. The van der Waals surface area contributed by atoms with Crippen LogP contribution in [-0.2, 0) is 16.2 Å². The van der Waals surface area contributed by atoms with Crippen molar-refractivity contribution in [2.24, 2.45) is 5.10 Å². The van der Waals surface area contributed by atoms with E-state index in [1.54, 1.807) is 42.5 Å². The van der Waals surface area contributed by atoms with Crippen molar-refractivity contribution >= 4 is 51.2 Å². The minimum Gasteiger partial charge on any atom is -0.497 e. The van der Waals surface area contributed by atoms with E-state index in [1.807, 2.05) is 25.1 Å². The molecule has 0 aliphatic carbocycles. The summed E-state index contributed by atoms with van der Waals surface area (Å²) in [6.07, 6.45) is 1.39. The van der Waals surface area contributed by atoms with Crippen LogP contribution in [0.15, 0.2) is 70.2 Å². The quantitative estimate of drug-likeness (QED) is 0.214. The Hall–Kier alpha value is -3.56. The lowest BCUT2D eigenvalue weighted by Crippen LogP contribution is -2.32. The van der Waals surface area contributed by atoms with Gasteiger partial charge in [0, 0.05) is 16.3 Å². The molecule has 182 valence electrons. The molecule has 0 saturated heterocycles. The fraction of sp³-hybridized carbons (Fsp3) is 0.160. The molecule has 0 radical (unpaired) electrons. The highest BCUT2D eigenvalue weighted by atomic mass is 79.9. The first kappa shape index (κ1) is 26.1. The van der Waals surface area contributed by atoms with Gasteiger partial charge in [-0.1, -0.05) is 29.8 Å². The van der Waals surface area contributed by atoms with Gasteiger partial charge in [0.25, 0.3) is 0 Å². The Morgan fingerprint density at radius 1 is 1.06 bits per heavy atom. The van der Waals surface area contributed by atoms with Crippen LogP contribution in [0.1, 0.15) is 18.1 Å². The first-order valence-corrected chi connectivity index (χ1v) is 11.7. The van der Waals surface area contributed by atoms with Crippen molar-refractivity contribution in [3.8, 4) is 17.2 Å². The highest BCUT2D eigenvalue weighted by Crippen LogP contribution is 2.37. The van der Waals surface area contributed by atoms with Gasteiger partial charge in [-0.2, -0.15) is 5.10 Å². The van der Waals surface area contributed by atoms with E-state index in [2.05, 4.69) is 31.8 Å². The molecular formula is C25H23BrClN3O5. The molecule has 0 spiro atoms. The number of anilines is 1. The van der Waals surface area contributed by atoms with Crippen molar-refractivity contribution in [3.05, 3.63) is 81.3 Å². The fourth-order valence-corrected chi connectivity index (χ4v) is 3.67. The maximum absolute atomic E-state index is 12.1. The van der Waals surface area contributed by atoms with Crippen LogP contribution in [0.5, 0.6) is 17.2 Å². The summed E-state index contributed by atoms with van der Waals surface area (Å²) < 4.78 is 17.4. The summed E-state index contributed by atoms with van der Waals surface area (Å²) in [5.74, 6) is -0.145. The highest BCUT2D eigenvalue weighted by molar-refractivity contribution is 9.10. The Morgan fingerprint density at radius 3 is 2.49 bits per heavy atom. The van der Waals surface area contributed by atoms with Crippen LogP contribution in [0.2, 0.25) is 5.02 Å². The second kappa shape index (κ2) is 12.8. The Kier molecular flexibility index (Phi) is 9.51. The standard InChI is InChI=1S/C25H23BrClN3O5/c1-3-34-22-13-16(12-20(26)23(22)35-15-17-6-4-5-7-21(17)27)14-28-30-25(32)24(31)29-18-8-10-19(33-2)11-9-18/h4-14H,3,15H2,1-2H3,(H,29,31)(H,30,32). The Balaban J connectivity index is 1.64. The monoisotopic (exact) mass is 559 g/mol. The number of rotatable bonds is 9. The Labute approximate surface area is 216 Å². The molecule has 0 bridgehead atoms. The molecule has 0 saturated carbocycles. The molecule has 0 aliphatic heterocycles. The number of hydrazone groups is 1. The van der Waals surface area contributed by atoms with E-state index in [0.29, 0.717) is 44.6 Å². The first-order chi connectivity index (χ1) is 16.9. The van der Waals surface area contributed by atoms with Gasteiger partial charge in [0.15, 0.2) is 11.5 Å². The van der Waals surface area contributed by atoms with E-state index in [4.69, 9.17) is 25.8 Å². The molecular weight excluding hydrogens is 538 g/mol. The highest BCUT2D eigenvalue weighted by Gasteiger charge is 2.15. The summed E-state index contributed by atoms with van der Waals surface area (Å²) in [5, 5.41) is 6.96. The molecule has 0 fully saturated rings. The van der Waals surface area contributed by atoms with Gasteiger partial charge in [-0.05, 0) is 70.9 Å². The van der Waals surface area contributed by atoms with E-state index < -0.39 is 11.8 Å². The summed E-state index contributed by atoms with van der Waals surface area (Å²) in [7, 11) is 1.54. The van der Waals surface area contributed by atoms with Crippen LogP contribution in [0.4, 0.5) is 5.69 Å². The van der Waals surface area contributed by atoms with Crippen molar-refractivity contribution in [2.45, 2.75) is 13.5 Å². The van der Waals surface area contributed by atoms with Crippen molar-refractivity contribution in [3.63, 3.8) is 0 Å². The molecule has 0 aromatic heterocycles. The lowest BCUT2D eigenvalue weighted by atomic mass is 10.2. The minimum absolute atomic E-state index is 0.255. The second-order valence-corrected chi connectivity index (χ2v) is 8.29. The summed E-state index contributed by atoms with van der Waals surface area (Å²) in [5.41, 5.74) is 4.11. The maximum atomic E-state index is 12.1. The number of methoxy groups -OCH3 is 1. The van der Waals surface area contributed by atoms with E-state index >= 15 is 0 Å². The molecule has 0 atom stereocenters. The number of ether oxygens (including phenoxy) is 3. The van der Waals surface area contributed by atoms with Crippen LogP contribution >= 0.6 is 27.5 Å². The molecule has 2 amide bonds. The van der Waals surface area contributed by atoms with Gasteiger partial charge in [0.1, 0.15) is 12.4 Å². The van der Waals surface area contributed by atoms with E-state index in [1.165, 1.54) is 13.3 Å². The molecule has 0 heterocycles. The van der Waals surface area contributed by atoms with Gasteiger partial charge >= 0.3 is 11.8 Å². The number of carbonyl (C=O) groups is 2.